The molecule has 5 nitrogen and oxygen atoms in total. The summed E-state index contributed by atoms with van der Waals surface area (Å²) in [5.74, 6) is -0.322. The first-order chi connectivity index (χ1) is 8.46. The number of nitrogens with zero attached hydrogens (tertiary/aromatic N) is 2. The zero-order chi connectivity index (χ0) is 14.1. The highest BCUT2D eigenvalue weighted by molar-refractivity contribution is 5.78. The smallest absolute Gasteiger partial charge is 0.309 e. The van der Waals surface area contributed by atoms with Gasteiger partial charge in [-0.15, -0.1) is 0 Å². The molecule has 0 heterocycles. The number of carbonyl (C=O) groups excluding carboxylic acids is 2. The zero-order valence-corrected chi connectivity index (χ0v) is 12.2. The number of likely N-dealkylation sites (N-methyl/N-ethyl adjacent to an activating group) is 2. The Morgan fingerprint density at radius 1 is 1.17 bits per heavy atom. The average Bonchev–Trinajstić information content (AvgIpc) is 2.30. The molecule has 0 aliphatic carbocycles. The molecule has 0 aliphatic heterocycles. The van der Waals surface area contributed by atoms with Gasteiger partial charge in [0.25, 0.3) is 0 Å². The monoisotopic (exact) mass is 258 g/mol. The van der Waals surface area contributed by atoms with Crippen molar-refractivity contribution in [2.75, 3.05) is 39.8 Å². The molecule has 1 atom stereocenters. The number of ether oxygens (including phenoxy) is 1. The third-order valence-electron chi connectivity index (χ3n) is 2.80. The van der Waals surface area contributed by atoms with Crippen molar-refractivity contribution in [2.45, 2.75) is 27.7 Å². The highest BCUT2D eigenvalue weighted by atomic mass is 16.5. The van der Waals surface area contributed by atoms with Crippen molar-refractivity contribution >= 4 is 11.9 Å². The summed E-state index contributed by atoms with van der Waals surface area (Å²) >= 11 is 0. The van der Waals surface area contributed by atoms with Gasteiger partial charge in [0.2, 0.25) is 5.91 Å². The molecule has 0 spiro atoms. The van der Waals surface area contributed by atoms with Crippen LogP contribution in [0.4, 0.5) is 0 Å². The SMILES string of the molecule is CCOC(=O)C(C)CN(C)CC(=O)N(CC)CC. The molecule has 0 saturated carbocycles. The minimum absolute atomic E-state index is 0.0959. The third-order valence-corrected chi connectivity index (χ3v) is 2.80. The molecule has 1 amide bonds. The van der Waals surface area contributed by atoms with Gasteiger partial charge in [-0.05, 0) is 27.8 Å². The molecule has 1 unspecified atom stereocenters. The van der Waals surface area contributed by atoms with E-state index in [-0.39, 0.29) is 17.8 Å². The van der Waals surface area contributed by atoms with Gasteiger partial charge in [0.05, 0.1) is 19.1 Å². The van der Waals surface area contributed by atoms with E-state index in [1.807, 2.05) is 32.7 Å². The van der Waals surface area contributed by atoms with Gasteiger partial charge in [0.15, 0.2) is 0 Å². The van der Waals surface area contributed by atoms with Crippen molar-refractivity contribution in [1.29, 1.82) is 0 Å². The lowest BCUT2D eigenvalue weighted by Gasteiger charge is -2.24. The second-order valence-electron chi connectivity index (χ2n) is 4.42. The van der Waals surface area contributed by atoms with E-state index >= 15 is 0 Å². The van der Waals surface area contributed by atoms with E-state index in [0.717, 1.165) is 13.1 Å². The van der Waals surface area contributed by atoms with E-state index in [1.165, 1.54) is 0 Å². The number of hydrogen-bond donors (Lipinski definition) is 0. The van der Waals surface area contributed by atoms with E-state index in [2.05, 4.69) is 0 Å². The second kappa shape index (κ2) is 8.91. The largest absolute Gasteiger partial charge is 0.466 e. The maximum Gasteiger partial charge on any atom is 0.309 e. The standard InChI is InChI=1S/C13H26N2O3/c1-6-15(7-2)12(16)10-14(5)9-11(4)13(17)18-8-3/h11H,6-10H2,1-5H3. The first-order valence-electron chi connectivity index (χ1n) is 6.59. The summed E-state index contributed by atoms with van der Waals surface area (Å²) in [6.07, 6.45) is 0. The van der Waals surface area contributed by atoms with E-state index in [1.54, 1.807) is 11.8 Å². The van der Waals surface area contributed by atoms with Crippen LogP contribution in [-0.2, 0) is 14.3 Å². The minimum atomic E-state index is -0.209. The fourth-order valence-corrected chi connectivity index (χ4v) is 1.80. The predicted octanol–water partition coefficient (Wildman–Crippen LogP) is 0.986. The van der Waals surface area contributed by atoms with Crippen LogP contribution in [0.1, 0.15) is 27.7 Å². The normalized spacial score (nSPS) is 12.3. The molecular formula is C13H26N2O3. The van der Waals surface area contributed by atoms with Crippen LogP contribution in [0.3, 0.4) is 0 Å². The van der Waals surface area contributed by atoms with Gasteiger partial charge >= 0.3 is 5.97 Å². The number of hydrogen-bond acceptors (Lipinski definition) is 4. The first-order valence-corrected chi connectivity index (χ1v) is 6.59. The number of carbonyl (C=O) groups is 2. The van der Waals surface area contributed by atoms with Gasteiger partial charge in [0, 0.05) is 19.6 Å². The number of esters is 1. The Morgan fingerprint density at radius 3 is 2.17 bits per heavy atom. The molecule has 5 heteroatoms. The summed E-state index contributed by atoms with van der Waals surface area (Å²) in [4.78, 5) is 27.0. The van der Waals surface area contributed by atoms with Crippen molar-refractivity contribution in [3.8, 4) is 0 Å². The van der Waals surface area contributed by atoms with Crippen LogP contribution in [0.15, 0.2) is 0 Å². The number of amides is 1. The van der Waals surface area contributed by atoms with Crippen molar-refractivity contribution in [3.05, 3.63) is 0 Å². The zero-order valence-electron chi connectivity index (χ0n) is 12.2. The molecule has 106 valence electrons. The van der Waals surface area contributed by atoms with E-state index in [0.29, 0.717) is 19.7 Å². The quantitative estimate of drug-likeness (QED) is 0.609. The number of rotatable bonds is 8. The average molecular weight is 258 g/mol. The highest BCUT2D eigenvalue weighted by Crippen LogP contribution is 2.02. The molecule has 0 N–H and O–H groups in total. The van der Waals surface area contributed by atoms with Gasteiger partial charge in [0.1, 0.15) is 0 Å². The summed E-state index contributed by atoms with van der Waals surface area (Å²) in [6.45, 7) is 10.2. The third kappa shape index (κ3) is 6.00. The van der Waals surface area contributed by atoms with E-state index in [9.17, 15) is 9.59 Å². The molecule has 0 rings (SSSR count). The summed E-state index contributed by atoms with van der Waals surface area (Å²) in [5, 5.41) is 0. The Bertz CT molecular complexity index is 265. The minimum Gasteiger partial charge on any atom is -0.466 e. The lowest BCUT2D eigenvalue weighted by Crippen LogP contribution is -2.41. The van der Waals surface area contributed by atoms with Crippen LogP contribution in [0.2, 0.25) is 0 Å². The van der Waals surface area contributed by atoms with Gasteiger partial charge in [-0.1, -0.05) is 6.92 Å². The van der Waals surface area contributed by atoms with Crippen LogP contribution in [0.5, 0.6) is 0 Å². The Balaban J connectivity index is 4.13. The summed E-state index contributed by atoms with van der Waals surface area (Å²) in [5.41, 5.74) is 0. The van der Waals surface area contributed by atoms with Crippen molar-refractivity contribution in [2.24, 2.45) is 5.92 Å². The van der Waals surface area contributed by atoms with Gasteiger partial charge in [-0.2, -0.15) is 0 Å². The molecular weight excluding hydrogens is 232 g/mol. The van der Waals surface area contributed by atoms with Crippen molar-refractivity contribution in [3.63, 3.8) is 0 Å². The molecule has 0 bridgehead atoms. The van der Waals surface area contributed by atoms with Gasteiger partial charge in [-0.3, -0.25) is 14.5 Å². The topological polar surface area (TPSA) is 49.9 Å². The Morgan fingerprint density at radius 2 is 1.72 bits per heavy atom. The van der Waals surface area contributed by atoms with Crippen LogP contribution < -0.4 is 0 Å². The Hall–Kier alpha value is -1.10. The van der Waals surface area contributed by atoms with Gasteiger partial charge in [-0.25, -0.2) is 0 Å². The Kier molecular flexibility index (Phi) is 8.37. The molecule has 0 aromatic heterocycles. The van der Waals surface area contributed by atoms with Crippen LogP contribution in [0, 0.1) is 5.92 Å². The fourth-order valence-electron chi connectivity index (χ4n) is 1.80. The molecule has 0 aliphatic rings. The summed E-state index contributed by atoms with van der Waals surface area (Å²) < 4.78 is 4.94. The lowest BCUT2D eigenvalue weighted by atomic mass is 10.2. The molecule has 0 saturated heterocycles. The maximum atomic E-state index is 11.9. The molecule has 0 radical (unpaired) electrons. The first kappa shape index (κ1) is 16.9. The fraction of sp³-hybridized carbons (Fsp3) is 0.846. The van der Waals surface area contributed by atoms with Crippen molar-refractivity contribution < 1.29 is 14.3 Å². The molecule has 18 heavy (non-hydrogen) atoms. The molecule has 0 aromatic rings. The van der Waals surface area contributed by atoms with Gasteiger partial charge < -0.3 is 9.64 Å². The summed E-state index contributed by atoms with van der Waals surface area (Å²) in [6, 6.07) is 0. The lowest BCUT2D eigenvalue weighted by molar-refractivity contribution is -0.148. The van der Waals surface area contributed by atoms with E-state index in [4.69, 9.17) is 4.74 Å². The highest BCUT2D eigenvalue weighted by Gasteiger charge is 2.18. The second-order valence-corrected chi connectivity index (χ2v) is 4.42. The van der Waals surface area contributed by atoms with Crippen LogP contribution in [-0.4, -0.2) is 61.5 Å². The molecule has 0 fully saturated rings. The van der Waals surface area contributed by atoms with Crippen molar-refractivity contribution in [1.82, 2.24) is 9.80 Å². The summed E-state index contributed by atoms with van der Waals surface area (Å²) in [7, 11) is 1.84. The molecule has 0 aromatic carbocycles. The van der Waals surface area contributed by atoms with Crippen LogP contribution in [0.25, 0.3) is 0 Å². The predicted molar refractivity (Wildman–Crippen MR) is 71.2 cm³/mol. The maximum absolute atomic E-state index is 11.9. The van der Waals surface area contributed by atoms with Crippen LogP contribution >= 0.6 is 0 Å². The van der Waals surface area contributed by atoms with E-state index < -0.39 is 0 Å². The Labute approximate surface area is 110 Å².